The molecule has 0 spiro atoms. The van der Waals surface area contributed by atoms with Gasteiger partial charge in [0.1, 0.15) is 0 Å². The van der Waals surface area contributed by atoms with Crippen LogP contribution < -0.4 is 4.74 Å². The minimum absolute atomic E-state index is 0.0430. The van der Waals surface area contributed by atoms with E-state index in [0.717, 1.165) is 10.8 Å². The van der Waals surface area contributed by atoms with Gasteiger partial charge in [-0.05, 0) is 41.5 Å². The molecule has 0 amide bonds. The predicted molar refractivity (Wildman–Crippen MR) is 114 cm³/mol. The SMILES string of the molecule is C=CCc1cc(-c2cc(C(=O)O)c3c(ccc4ccccc43)n2)cc(OC)c1O. The molecular formula is C24H19NO4. The minimum Gasteiger partial charge on any atom is -0.504 e. The fourth-order valence-corrected chi connectivity index (χ4v) is 3.60. The summed E-state index contributed by atoms with van der Waals surface area (Å²) in [5.74, 6) is -0.676. The van der Waals surface area contributed by atoms with E-state index >= 15 is 0 Å². The van der Waals surface area contributed by atoms with Gasteiger partial charge in [0.05, 0.1) is 23.9 Å². The highest BCUT2D eigenvalue weighted by molar-refractivity contribution is 6.15. The van der Waals surface area contributed by atoms with Crippen molar-refractivity contribution < 1.29 is 19.7 Å². The van der Waals surface area contributed by atoms with E-state index in [1.54, 1.807) is 24.3 Å². The van der Waals surface area contributed by atoms with Crippen molar-refractivity contribution in [2.24, 2.45) is 0 Å². The number of carboxylic acid groups (broad SMARTS) is 1. The molecule has 1 aromatic heterocycles. The highest BCUT2D eigenvalue weighted by Gasteiger charge is 2.17. The summed E-state index contributed by atoms with van der Waals surface area (Å²) in [5, 5.41) is 22.6. The van der Waals surface area contributed by atoms with Crippen LogP contribution in [0.4, 0.5) is 0 Å². The number of phenolic OH excluding ortho intramolecular Hbond substituents is 1. The van der Waals surface area contributed by atoms with Gasteiger partial charge in [-0.15, -0.1) is 6.58 Å². The monoisotopic (exact) mass is 385 g/mol. The summed E-state index contributed by atoms with van der Waals surface area (Å²) >= 11 is 0. The molecule has 0 aliphatic carbocycles. The van der Waals surface area contributed by atoms with Gasteiger partial charge >= 0.3 is 5.97 Å². The van der Waals surface area contributed by atoms with E-state index in [1.165, 1.54) is 7.11 Å². The molecule has 3 aromatic carbocycles. The fraction of sp³-hybridized carbons (Fsp3) is 0.0833. The number of pyridine rings is 1. The van der Waals surface area contributed by atoms with Gasteiger partial charge in [-0.3, -0.25) is 0 Å². The standard InChI is InChI=1S/C24H19NO4/c1-3-6-15-11-16(12-21(29-2)23(15)26)20-13-18(24(27)28)22-17-8-5-4-7-14(17)9-10-19(22)25-20/h3-5,7-13,26H,1,6H2,2H3,(H,27,28). The third-order valence-electron chi connectivity index (χ3n) is 4.96. The third-order valence-corrected chi connectivity index (χ3v) is 4.96. The predicted octanol–water partition coefficient (Wildman–Crippen LogP) is 5.20. The number of carbonyl (C=O) groups is 1. The number of nitrogens with zero attached hydrogens (tertiary/aromatic N) is 1. The molecule has 5 nitrogen and oxygen atoms in total. The lowest BCUT2D eigenvalue weighted by molar-refractivity contribution is 0.0699. The lowest BCUT2D eigenvalue weighted by atomic mass is 9.97. The van der Waals surface area contributed by atoms with Crippen molar-refractivity contribution in [1.29, 1.82) is 0 Å². The first kappa shape index (κ1) is 18.5. The molecular weight excluding hydrogens is 366 g/mol. The average Bonchev–Trinajstić information content (AvgIpc) is 2.74. The summed E-state index contributed by atoms with van der Waals surface area (Å²) in [7, 11) is 1.47. The molecule has 0 saturated carbocycles. The van der Waals surface area contributed by atoms with Crippen molar-refractivity contribution in [3.8, 4) is 22.8 Å². The van der Waals surface area contributed by atoms with Crippen LogP contribution in [0.15, 0.2) is 67.3 Å². The average molecular weight is 385 g/mol. The summed E-state index contributed by atoms with van der Waals surface area (Å²) in [6.45, 7) is 3.72. The molecule has 0 bridgehead atoms. The second-order valence-electron chi connectivity index (χ2n) is 6.72. The van der Waals surface area contributed by atoms with Crippen molar-refractivity contribution in [3.05, 3.63) is 78.4 Å². The number of ether oxygens (including phenoxy) is 1. The summed E-state index contributed by atoms with van der Waals surface area (Å²) in [4.78, 5) is 16.8. The smallest absolute Gasteiger partial charge is 0.336 e. The number of rotatable bonds is 5. The van der Waals surface area contributed by atoms with E-state index in [1.807, 2.05) is 36.4 Å². The first-order chi connectivity index (χ1) is 14.0. The zero-order valence-electron chi connectivity index (χ0n) is 15.8. The lowest BCUT2D eigenvalue weighted by Crippen LogP contribution is -2.01. The lowest BCUT2D eigenvalue weighted by Gasteiger charge is -2.13. The van der Waals surface area contributed by atoms with Crippen molar-refractivity contribution in [2.75, 3.05) is 7.11 Å². The zero-order chi connectivity index (χ0) is 20.5. The maximum atomic E-state index is 12.1. The van der Waals surface area contributed by atoms with Crippen molar-refractivity contribution in [1.82, 2.24) is 4.98 Å². The van der Waals surface area contributed by atoms with Gasteiger partial charge in [0.15, 0.2) is 11.5 Å². The highest BCUT2D eigenvalue weighted by Crippen LogP contribution is 2.37. The Balaban J connectivity index is 2.03. The Kier molecular flexibility index (Phi) is 4.64. The minimum atomic E-state index is -1.02. The Morgan fingerprint density at radius 3 is 2.69 bits per heavy atom. The number of aromatic carboxylic acids is 1. The van der Waals surface area contributed by atoms with Crippen molar-refractivity contribution in [3.63, 3.8) is 0 Å². The molecule has 0 fully saturated rings. The third kappa shape index (κ3) is 3.17. The topological polar surface area (TPSA) is 79.7 Å². The van der Waals surface area contributed by atoms with Crippen LogP contribution in [0.1, 0.15) is 15.9 Å². The maximum Gasteiger partial charge on any atom is 0.336 e. The quantitative estimate of drug-likeness (QED) is 0.365. The molecule has 0 aliphatic rings. The number of aromatic nitrogens is 1. The number of carboxylic acids is 1. The van der Waals surface area contributed by atoms with Crippen LogP contribution in [0.5, 0.6) is 11.5 Å². The number of methoxy groups -OCH3 is 1. The number of hydrogen-bond donors (Lipinski definition) is 2. The first-order valence-corrected chi connectivity index (χ1v) is 9.10. The van der Waals surface area contributed by atoms with Crippen LogP contribution in [0.25, 0.3) is 32.9 Å². The van der Waals surface area contributed by atoms with Gasteiger partial charge in [0.25, 0.3) is 0 Å². The van der Waals surface area contributed by atoms with Gasteiger partial charge in [0.2, 0.25) is 0 Å². The van der Waals surface area contributed by atoms with Gasteiger partial charge < -0.3 is 14.9 Å². The molecule has 0 atom stereocenters. The van der Waals surface area contributed by atoms with Crippen LogP contribution in [0.2, 0.25) is 0 Å². The molecule has 0 aliphatic heterocycles. The Labute approximate surface area is 167 Å². The molecule has 0 unspecified atom stereocenters. The molecule has 5 heteroatoms. The maximum absolute atomic E-state index is 12.1. The molecule has 0 saturated heterocycles. The molecule has 2 N–H and O–H groups in total. The Morgan fingerprint density at radius 2 is 1.97 bits per heavy atom. The summed E-state index contributed by atoms with van der Waals surface area (Å²) in [6, 6.07) is 16.4. The van der Waals surface area contributed by atoms with E-state index in [2.05, 4.69) is 6.58 Å². The summed E-state index contributed by atoms with van der Waals surface area (Å²) in [5.41, 5.74) is 2.56. The molecule has 4 rings (SSSR count). The molecule has 29 heavy (non-hydrogen) atoms. The van der Waals surface area contributed by atoms with Crippen molar-refractivity contribution in [2.45, 2.75) is 6.42 Å². The number of allylic oxidation sites excluding steroid dienone is 1. The van der Waals surface area contributed by atoms with Crippen LogP contribution in [0.3, 0.4) is 0 Å². The Bertz CT molecular complexity index is 1280. The zero-order valence-corrected chi connectivity index (χ0v) is 15.8. The van der Waals surface area contributed by atoms with Crippen LogP contribution >= 0.6 is 0 Å². The van der Waals surface area contributed by atoms with Crippen LogP contribution in [-0.2, 0) is 6.42 Å². The number of aromatic hydroxyl groups is 1. The number of benzene rings is 3. The van der Waals surface area contributed by atoms with E-state index in [-0.39, 0.29) is 11.3 Å². The molecule has 144 valence electrons. The number of hydrogen-bond acceptors (Lipinski definition) is 4. The molecule has 4 aromatic rings. The summed E-state index contributed by atoms with van der Waals surface area (Å²) in [6.07, 6.45) is 2.13. The number of phenols is 1. The fourth-order valence-electron chi connectivity index (χ4n) is 3.60. The van der Waals surface area contributed by atoms with Gasteiger partial charge in [-0.25, -0.2) is 9.78 Å². The second kappa shape index (κ2) is 7.28. The van der Waals surface area contributed by atoms with Gasteiger partial charge in [-0.1, -0.05) is 36.4 Å². The number of fused-ring (bicyclic) bond motifs is 3. The molecule has 1 heterocycles. The normalized spacial score (nSPS) is 10.9. The Hall–Kier alpha value is -3.86. The highest BCUT2D eigenvalue weighted by atomic mass is 16.5. The van der Waals surface area contributed by atoms with E-state index in [4.69, 9.17) is 9.72 Å². The van der Waals surface area contributed by atoms with Gasteiger partial charge in [0, 0.05) is 16.5 Å². The van der Waals surface area contributed by atoms with Crippen LogP contribution in [-0.4, -0.2) is 28.3 Å². The van der Waals surface area contributed by atoms with E-state index in [0.29, 0.717) is 39.9 Å². The summed E-state index contributed by atoms with van der Waals surface area (Å²) < 4.78 is 5.29. The van der Waals surface area contributed by atoms with E-state index in [9.17, 15) is 15.0 Å². The van der Waals surface area contributed by atoms with E-state index < -0.39 is 5.97 Å². The second-order valence-corrected chi connectivity index (χ2v) is 6.72. The molecule has 0 radical (unpaired) electrons. The largest absolute Gasteiger partial charge is 0.504 e. The first-order valence-electron chi connectivity index (χ1n) is 9.10. The van der Waals surface area contributed by atoms with Crippen molar-refractivity contribution >= 4 is 27.6 Å². The Morgan fingerprint density at radius 1 is 1.17 bits per heavy atom. The van der Waals surface area contributed by atoms with Crippen LogP contribution in [0, 0.1) is 0 Å². The van der Waals surface area contributed by atoms with Gasteiger partial charge in [-0.2, -0.15) is 0 Å².